The second-order valence-electron chi connectivity index (χ2n) is 7.58. The molecule has 0 aromatic heterocycles. The number of piperidine rings is 1. The maximum Gasteiger partial charge on any atom is 0.251 e. The number of benzene rings is 2. The Kier molecular flexibility index (Phi) is 7.17. The lowest BCUT2D eigenvalue weighted by Crippen LogP contribution is -2.46. The molecule has 3 rings (SSSR count). The predicted octanol–water partition coefficient (Wildman–Crippen LogP) is 2.99. The smallest absolute Gasteiger partial charge is 0.251 e. The number of likely N-dealkylation sites (tertiary alicyclic amines) is 1. The summed E-state index contributed by atoms with van der Waals surface area (Å²) >= 11 is 0. The van der Waals surface area contributed by atoms with Crippen molar-refractivity contribution in [3.63, 3.8) is 0 Å². The molecule has 0 radical (unpaired) electrons. The summed E-state index contributed by atoms with van der Waals surface area (Å²) in [6, 6.07) is 11.6. The van der Waals surface area contributed by atoms with Crippen molar-refractivity contribution in [2.45, 2.75) is 38.6 Å². The standard InChI is InChI=1S/C23H28N2O5/c1-16-5-2-3-6-21(16)30-12-4-7-22(28)25-10-8-18(9-11-25)24-23(29)17-13-19(26)15-20(27)14-17/h2-3,5-6,13-15,18,26-27H,4,7-12H2,1H3,(H,24,29). The number of para-hydroxylation sites is 1. The summed E-state index contributed by atoms with van der Waals surface area (Å²) in [5.41, 5.74) is 1.29. The van der Waals surface area contributed by atoms with Crippen LogP contribution in [0.1, 0.15) is 41.6 Å². The quantitative estimate of drug-likeness (QED) is 0.607. The van der Waals surface area contributed by atoms with Gasteiger partial charge >= 0.3 is 0 Å². The van der Waals surface area contributed by atoms with Gasteiger partial charge in [0.1, 0.15) is 17.2 Å². The summed E-state index contributed by atoms with van der Waals surface area (Å²) in [7, 11) is 0. The first-order chi connectivity index (χ1) is 14.4. The zero-order valence-corrected chi connectivity index (χ0v) is 17.1. The molecule has 1 aliphatic heterocycles. The molecule has 3 N–H and O–H groups in total. The van der Waals surface area contributed by atoms with Gasteiger partial charge in [0.05, 0.1) is 6.61 Å². The van der Waals surface area contributed by atoms with Crippen molar-refractivity contribution >= 4 is 11.8 Å². The normalized spacial score (nSPS) is 14.4. The van der Waals surface area contributed by atoms with Crippen LogP contribution in [0.25, 0.3) is 0 Å². The zero-order valence-electron chi connectivity index (χ0n) is 17.1. The number of phenols is 2. The van der Waals surface area contributed by atoms with E-state index in [4.69, 9.17) is 4.74 Å². The van der Waals surface area contributed by atoms with E-state index in [1.807, 2.05) is 36.1 Å². The van der Waals surface area contributed by atoms with Gasteiger partial charge in [-0.1, -0.05) is 18.2 Å². The van der Waals surface area contributed by atoms with Crippen LogP contribution in [0.4, 0.5) is 0 Å². The summed E-state index contributed by atoms with van der Waals surface area (Å²) < 4.78 is 5.74. The van der Waals surface area contributed by atoms with E-state index in [0.29, 0.717) is 45.4 Å². The third-order valence-corrected chi connectivity index (χ3v) is 5.23. The average molecular weight is 412 g/mol. The van der Waals surface area contributed by atoms with Gasteiger partial charge in [-0.3, -0.25) is 9.59 Å². The molecule has 2 aromatic rings. The fraction of sp³-hybridized carbons (Fsp3) is 0.391. The minimum atomic E-state index is -0.348. The van der Waals surface area contributed by atoms with Crippen molar-refractivity contribution in [2.24, 2.45) is 0 Å². The molecule has 2 aromatic carbocycles. The molecule has 0 bridgehead atoms. The highest BCUT2D eigenvalue weighted by Crippen LogP contribution is 2.21. The van der Waals surface area contributed by atoms with E-state index in [9.17, 15) is 19.8 Å². The van der Waals surface area contributed by atoms with Gasteiger partial charge in [-0.05, 0) is 49.9 Å². The number of carbonyl (C=O) groups excluding carboxylic acids is 2. The molecule has 0 unspecified atom stereocenters. The summed E-state index contributed by atoms with van der Waals surface area (Å²) in [5.74, 6) is 0.283. The van der Waals surface area contributed by atoms with Gasteiger partial charge < -0.3 is 25.2 Å². The van der Waals surface area contributed by atoms with Gasteiger partial charge in [0, 0.05) is 37.2 Å². The third kappa shape index (κ3) is 5.89. The van der Waals surface area contributed by atoms with Gasteiger partial charge in [0.2, 0.25) is 5.91 Å². The number of nitrogens with one attached hydrogen (secondary N) is 1. The SMILES string of the molecule is Cc1ccccc1OCCCC(=O)N1CCC(NC(=O)c2cc(O)cc(O)c2)CC1. The number of phenolic OH excluding ortho intramolecular Hbond substituents is 2. The lowest BCUT2D eigenvalue weighted by Gasteiger charge is -2.32. The van der Waals surface area contributed by atoms with Crippen molar-refractivity contribution in [2.75, 3.05) is 19.7 Å². The van der Waals surface area contributed by atoms with E-state index < -0.39 is 0 Å². The second-order valence-corrected chi connectivity index (χ2v) is 7.58. The van der Waals surface area contributed by atoms with Gasteiger partial charge in [-0.15, -0.1) is 0 Å². The number of hydrogen-bond donors (Lipinski definition) is 3. The monoisotopic (exact) mass is 412 g/mol. The fourth-order valence-corrected chi connectivity index (χ4v) is 3.55. The van der Waals surface area contributed by atoms with Crippen LogP contribution in [0.15, 0.2) is 42.5 Å². The molecule has 1 aliphatic rings. The number of carbonyl (C=O) groups is 2. The summed E-state index contributed by atoms with van der Waals surface area (Å²) in [6.45, 7) is 3.67. The van der Waals surface area contributed by atoms with E-state index in [1.54, 1.807) is 0 Å². The maximum absolute atomic E-state index is 12.4. The molecular formula is C23H28N2O5. The third-order valence-electron chi connectivity index (χ3n) is 5.23. The van der Waals surface area contributed by atoms with Crippen LogP contribution >= 0.6 is 0 Å². The molecular weight excluding hydrogens is 384 g/mol. The number of amides is 2. The minimum absolute atomic E-state index is 0.0459. The maximum atomic E-state index is 12.4. The zero-order chi connectivity index (χ0) is 21.5. The van der Waals surface area contributed by atoms with Crippen LogP contribution in [0.2, 0.25) is 0 Å². The first kappa shape index (κ1) is 21.5. The van der Waals surface area contributed by atoms with Gasteiger partial charge in [0.25, 0.3) is 5.91 Å². The molecule has 2 amide bonds. The highest BCUT2D eigenvalue weighted by molar-refractivity contribution is 5.95. The molecule has 0 spiro atoms. The number of ether oxygens (including phenoxy) is 1. The van der Waals surface area contributed by atoms with Crippen molar-refractivity contribution in [1.29, 1.82) is 0 Å². The molecule has 7 heteroatoms. The van der Waals surface area contributed by atoms with Crippen LogP contribution in [-0.2, 0) is 4.79 Å². The van der Waals surface area contributed by atoms with Crippen LogP contribution in [-0.4, -0.2) is 52.7 Å². The topological polar surface area (TPSA) is 99.1 Å². The molecule has 160 valence electrons. The van der Waals surface area contributed by atoms with Crippen LogP contribution < -0.4 is 10.1 Å². The van der Waals surface area contributed by atoms with Crippen molar-refractivity contribution in [3.8, 4) is 17.2 Å². The van der Waals surface area contributed by atoms with Crippen LogP contribution in [0, 0.1) is 6.92 Å². The van der Waals surface area contributed by atoms with E-state index >= 15 is 0 Å². The van der Waals surface area contributed by atoms with Crippen molar-refractivity contribution in [3.05, 3.63) is 53.6 Å². The van der Waals surface area contributed by atoms with Crippen LogP contribution in [0.3, 0.4) is 0 Å². The molecule has 0 saturated carbocycles. The summed E-state index contributed by atoms with van der Waals surface area (Å²) in [6.07, 6.45) is 2.43. The van der Waals surface area contributed by atoms with Crippen LogP contribution in [0.5, 0.6) is 17.2 Å². The number of nitrogens with zero attached hydrogens (tertiary/aromatic N) is 1. The molecule has 1 heterocycles. The molecule has 1 saturated heterocycles. The second kappa shape index (κ2) is 10.0. The van der Waals surface area contributed by atoms with E-state index in [1.165, 1.54) is 18.2 Å². The van der Waals surface area contributed by atoms with E-state index in [0.717, 1.165) is 11.3 Å². The minimum Gasteiger partial charge on any atom is -0.508 e. The summed E-state index contributed by atoms with van der Waals surface area (Å²) in [4.78, 5) is 26.6. The number of aryl methyl sites for hydroxylation is 1. The lowest BCUT2D eigenvalue weighted by atomic mass is 10.0. The molecule has 30 heavy (non-hydrogen) atoms. The molecule has 0 atom stereocenters. The largest absolute Gasteiger partial charge is 0.508 e. The Morgan fingerprint density at radius 1 is 1.10 bits per heavy atom. The Morgan fingerprint density at radius 3 is 2.43 bits per heavy atom. The predicted molar refractivity (Wildman–Crippen MR) is 113 cm³/mol. The Balaban J connectivity index is 1.37. The fourth-order valence-electron chi connectivity index (χ4n) is 3.55. The van der Waals surface area contributed by atoms with Crippen molar-refractivity contribution < 1.29 is 24.5 Å². The summed E-state index contributed by atoms with van der Waals surface area (Å²) in [5, 5.41) is 21.9. The Labute approximate surface area is 176 Å². The Hall–Kier alpha value is -3.22. The van der Waals surface area contributed by atoms with Crippen molar-refractivity contribution in [1.82, 2.24) is 10.2 Å². The first-order valence-corrected chi connectivity index (χ1v) is 10.2. The number of hydrogen-bond acceptors (Lipinski definition) is 5. The molecule has 7 nitrogen and oxygen atoms in total. The Morgan fingerprint density at radius 2 is 1.77 bits per heavy atom. The van der Waals surface area contributed by atoms with Gasteiger partial charge in [0.15, 0.2) is 0 Å². The average Bonchev–Trinajstić information content (AvgIpc) is 2.72. The van der Waals surface area contributed by atoms with Gasteiger partial charge in [-0.25, -0.2) is 0 Å². The highest BCUT2D eigenvalue weighted by atomic mass is 16.5. The van der Waals surface area contributed by atoms with Gasteiger partial charge in [-0.2, -0.15) is 0 Å². The highest BCUT2D eigenvalue weighted by Gasteiger charge is 2.24. The number of aromatic hydroxyl groups is 2. The van der Waals surface area contributed by atoms with E-state index in [-0.39, 0.29) is 34.9 Å². The lowest BCUT2D eigenvalue weighted by molar-refractivity contribution is -0.132. The first-order valence-electron chi connectivity index (χ1n) is 10.2. The Bertz CT molecular complexity index is 871. The molecule has 1 fully saturated rings. The molecule has 0 aliphatic carbocycles. The number of rotatable bonds is 7. The van der Waals surface area contributed by atoms with E-state index in [2.05, 4.69) is 5.32 Å².